The van der Waals surface area contributed by atoms with Crippen LogP contribution >= 0.6 is 0 Å². The lowest BCUT2D eigenvalue weighted by molar-refractivity contribution is -0.115. The van der Waals surface area contributed by atoms with Gasteiger partial charge in [0.1, 0.15) is 6.26 Å². The van der Waals surface area contributed by atoms with Crippen LogP contribution in [0, 0.1) is 6.92 Å². The zero-order chi connectivity index (χ0) is 16.7. The van der Waals surface area contributed by atoms with Crippen LogP contribution in [0.2, 0.25) is 0 Å². The number of aryl methyl sites for hydroxylation is 1. The molecule has 7 nitrogen and oxygen atoms in total. The van der Waals surface area contributed by atoms with Crippen molar-refractivity contribution in [3.8, 4) is 11.5 Å². The number of anilines is 1. The molecular formula is C16H21N3O4. The van der Waals surface area contributed by atoms with E-state index in [-0.39, 0.29) is 12.5 Å². The Bertz CT molecular complexity index is 655. The van der Waals surface area contributed by atoms with Crippen molar-refractivity contribution < 1.29 is 18.8 Å². The van der Waals surface area contributed by atoms with Crippen LogP contribution in [0.25, 0.3) is 0 Å². The minimum atomic E-state index is -0.158. The monoisotopic (exact) mass is 319 g/mol. The molecular weight excluding hydrogens is 298 g/mol. The number of benzene rings is 1. The molecule has 1 aromatic carbocycles. The molecule has 0 saturated carbocycles. The Labute approximate surface area is 134 Å². The highest BCUT2D eigenvalue weighted by Gasteiger charge is 2.08. The normalized spacial score (nSPS) is 10.4. The third-order valence-electron chi connectivity index (χ3n) is 3.33. The van der Waals surface area contributed by atoms with Gasteiger partial charge in [0, 0.05) is 5.56 Å². The van der Waals surface area contributed by atoms with Crippen molar-refractivity contribution in [1.82, 2.24) is 10.5 Å². The Morgan fingerprint density at radius 3 is 2.70 bits per heavy atom. The first-order valence-electron chi connectivity index (χ1n) is 7.26. The van der Waals surface area contributed by atoms with Gasteiger partial charge in [-0.1, -0.05) is 11.2 Å². The summed E-state index contributed by atoms with van der Waals surface area (Å²) in [5.41, 5.74) is 1.89. The van der Waals surface area contributed by atoms with Gasteiger partial charge < -0.3 is 24.6 Å². The van der Waals surface area contributed by atoms with E-state index in [0.717, 1.165) is 17.5 Å². The Hall–Kier alpha value is -2.54. The predicted octanol–water partition coefficient (Wildman–Crippen LogP) is 1.77. The number of hydrogen-bond donors (Lipinski definition) is 2. The molecule has 23 heavy (non-hydrogen) atoms. The molecule has 0 aliphatic heterocycles. The van der Waals surface area contributed by atoms with Gasteiger partial charge in [-0.2, -0.15) is 0 Å². The number of rotatable bonds is 8. The van der Waals surface area contributed by atoms with Crippen molar-refractivity contribution in [1.29, 1.82) is 0 Å². The number of nitrogens with zero attached hydrogens (tertiary/aromatic N) is 1. The molecule has 7 heteroatoms. The van der Waals surface area contributed by atoms with Gasteiger partial charge in [-0.3, -0.25) is 4.79 Å². The number of methoxy groups -OCH3 is 2. The Morgan fingerprint density at radius 2 is 2.04 bits per heavy atom. The van der Waals surface area contributed by atoms with Crippen LogP contribution in [0.4, 0.5) is 5.82 Å². The van der Waals surface area contributed by atoms with Crippen LogP contribution in [0.3, 0.4) is 0 Å². The van der Waals surface area contributed by atoms with E-state index in [9.17, 15) is 4.79 Å². The summed E-state index contributed by atoms with van der Waals surface area (Å²) in [6, 6.07) is 5.77. The molecule has 0 spiro atoms. The van der Waals surface area contributed by atoms with E-state index in [1.165, 1.54) is 6.26 Å². The van der Waals surface area contributed by atoms with Gasteiger partial charge in [-0.15, -0.1) is 0 Å². The van der Waals surface area contributed by atoms with Crippen LogP contribution in [0.5, 0.6) is 11.5 Å². The average molecular weight is 319 g/mol. The number of hydrogen-bond acceptors (Lipinski definition) is 6. The number of carbonyl (C=O) groups is 1. The van der Waals surface area contributed by atoms with Crippen molar-refractivity contribution in [2.24, 2.45) is 0 Å². The molecule has 2 rings (SSSR count). The topological polar surface area (TPSA) is 85.6 Å². The lowest BCUT2D eigenvalue weighted by Crippen LogP contribution is -2.29. The van der Waals surface area contributed by atoms with Crippen LogP contribution in [0.15, 0.2) is 29.0 Å². The van der Waals surface area contributed by atoms with Crippen molar-refractivity contribution in [2.75, 3.05) is 32.6 Å². The second-order valence-corrected chi connectivity index (χ2v) is 5.01. The van der Waals surface area contributed by atoms with Crippen LogP contribution in [-0.2, 0) is 11.2 Å². The molecule has 0 atom stereocenters. The van der Waals surface area contributed by atoms with Gasteiger partial charge in [-0.25, -0.2) is 0 Å². The predicted molar refractivity (Wildman–Crippen MR) is 86.0 cm³/mol. The molecule has 1 heterocycles. The molecule has 0 radical (unpaired) electrons. The summed E-state index contributed by atoms with van der Waals surface area (Å²) in [5.74, 6) is 1.70. The molecule has 0 bridgehead atoms. The lowest BCUT2D eigenvalue weighted by atomic mass is 10.1. The zero-order valence-corrected chi connectivity index (χ0v) is 13.5. The quantitative estimate of drug-likeness (QED) is 0.721. The fraction of sp³-hybridized carbons (Fsp3) is 0.375. The van der Waals surface area contributed by atoms with E-state index in [2.05, 4.69) is 15.8 Å². The van der Waals surface area contributed by atoms with Gasteiger partial charge in [0.2, 0.25) is 5.91 Å². The van der Waals surface area contributed by atoms with Gasteiger partial charge in [-0.05, 0) is 37.6 Å². The van der Waals surface area contributed by atoms with E-state index in [1.807, 2.05) is 25.1 Å². The highest BCUT2D eigenvalue weighted by molar-refractivity contribution is 5.91. The van der Waals surface area contributed by atoms with Gasteiger partial charge in [0.15, 0.2) is 17.3 Å². The summed E-state index contributed by atoms with van der Waals surface area (Å²) in [6.07, 6.45) is 2.26. The largest absolute Gasteiger partial charge is 0.493 e. The Kier molecular flexibility index (Phi) is 5.99. The first kappa shape index (κ1) is 16.8. The first-order valence-corrected chi connectivity index (χ1v) is 7.26. The van der Waals surface area contributed by atoms with Crippen molar-refractivity contribution in [3.05, 3.63) is 35.6 Å². The second kappa shape index (κ2) is 8.19. The highest BCUT2D eigenvalue weighted by atomic mass is 16.5. The van der Waals surface area contributed by atoms with Gasteiger partial charge in [0.05, 0.1) is 20.8 Å². The molecule has 2 aromatic rings. The Morgan fingerprint density at radius 1 is 1.26 bits per heavy atom. The third kappa shape index (κ3) is 4.72. The standard InChI is InChI=1S/C16H21N3O4/c1-11-10-23-19-16(11)18-15(20)9-17-7-6-12-4-5-13(21-2)14(8-12)22-3/h4-5,8,10,17H,6-7,9H2,1-3H3,(H,18,19,20). The van der Waals surface area contributed by atoms with Crippen LogP contribution in [-0.4, -0.2) is 38.4 Å². The maximum absolute atomic E-state index is 11.8. The first-order chi connectivity index (χ1) is 11.1. The zero-order valence-electron chi connectivity index (χ0n) is 13.5. The van der Waals surface area contributed by atoms with E-state index < -0.39 is 0 Å². The molecule has 1 amide bonds. The van der Waals surface area contributed by atoms with Crippen molar-refractivity contribution in [3.63, 3.8) is 0 Å². The highest BCUT2D eigenvalue weighted by Crippen LogP contribution is 2.27. The third-order valence-corrected chi connectivity index (χ3v) is 3.33. The summed E-state index contributed by atoms with van der Waals surface area (Å²) < 4.78 is 15.2. The summed E-state index contributed by atoms with van der Waals surface area (Å²) >= 11 is 0. The number of amides is 1. The van der Waals surface area contributed by atoms with E-state index >= 15 is 0 Å². The summed E-state index contributed by atoms with van der Waals surface area (Å²) in [6.45, 7) is 2.69. The van der Waals surface area contributed by atoms with Gasteiger partial charge in [0.25, 0.3) is 0 Å². The summed E-state index contributed by atoms with van der Waals surface area (Å²) in [4.78, 5) is 11.8. The minimum Gasteiger partial charge on any atom is -0.493 e. The molecule has 0 aliphatic rings. The van der Waals surface area contributed by atoms with Gasteiger partial charge >= 0.3 is 0 Å². The average Bonchev–Trinajstić information content (AvgIpc) is 2.96. The van der Waals surface area contributed by atoms with E-state index in [4.69, 9.17) is 14.0 Å². The lowest BCUT2D eigenvalue weighted by Gasteiger charge is -2.10. The van der Waals surface area contributed by atoms with E-state index in [0.29, 0.717) is 23.9 Å². The summed E-state index contributed by atoms with van der Waals surface area (Å²) in [5, 5.41) is 9.47. The molecule has 0 saturated heterocycles. The van der Waals surface area contributed by atoms with Crippen molar-refractivity contribution >= 4 is 11.7 Å². The fourth-order valence-corrected chi connectivity index (χ4v) is 2.05. The number of aromatic nitrogens is 1. The molecule has 124 valence electrons. The van der Waals surface area contributed by atoms with Crippen LogP contribution in [0.1, 0.15) is 11.1 Å². The molecule has 2 N–H and O–H groups in total. The molecule has 0 aliphatic carbocycles. The maximum atomic E-state index is 11.8. The van der Waals surface area contributed by atoms with Crippen LogP contribution < -0.4 is 20.1 Å². The minimum absolute atomic E-state index is 0.158. The maximum Gasteiger partial charge on any atom is 0.239 e. The Balaban J connectivity index is 1.75. The van der Waals surface area contributed by atoms with E-state index in [1.54, 1.807) is 14.2 Å². The smallest absolute Gasteiger partial charge is 0.239 e. The molecule has 1 aromatic heterocycles. The molecule has 0 unspecified atom stereocenters. The summed E-state index contributed by atoms with van der Waals surface area (Å²) in [7, 11) is 3.21. The fourth-order valence-electron chi connectivity index (χ4n) is 2.05. The molecule has 0 fully saturated rings. The second-order valence-electron chi connectivity index (χ2n) is 5.01. The van der Waals surface area contributed by atoms with Crippen molar-refractivity contribution in [2.45, 2.75) is 13.3 Å². The number of ether oxygens (including phenoxy) is 2. The number of carbonyl (C=O) groups excluding carboxylic acids is 1. The SMILES string of the molecule is COc1ccc(CCNCC(=O)Nc2nocc2C)cc1OC. The number of nitrogens with one attached hydrogen (secondary N) is 2.